The number of nitrogens with zero attached hydrogens (tertiary/aromatic N) is 3. The van der Waals surface area contributed by atoms with E-state index >= 15 is 0 Å². The monoisotopic (exact) mass is 336 g/mol. The zero-order valence-electron chi connectivity index (χ0n) is 14.8. The summed E-state index contributed by atoms with van der Waals surface area (Å²) in [5.41, 5.74) is 1.81. The van der Waals surface area contributed by atoms with Gasteiger partial charge in [-0.25, -0.2) is 0 Å². The molecule has 2 heterocycles. The lowest BCUT2D eigenvalue weighted by Crippen LogP contribution is -2.42. The number of hydrogen-bond donors (Lipinski definition) is 1. The second kappa shape index (κ2) is 5.94. The summed E-state index contributed by atoms with van der Waals surface area (Å²) in [7, 11) is 1.59. The second-order valence-corrected chi connectivity index (χ2v) is 6.96. The van der Waals surface area contributed by atoms with E-state index in [4.69, 9.17) is 4.74 Å². The Kier molecular flexibility index (Phi) is 4.05. The van der Waals surface area contributed by atoms with E-state index in [-0.39, 0.29) is 11.4 Å². The maximum absolute atomic E-state index is 12.5. The summed E-state index contributed by atoms with van der Waals surface area (Å²) >= 11 is 0. The Morgan fingerprint density at radius 1 is 1.40 bits per heavy atom. The molecule has 0 saturated carbocycles. The summed E-state index contributed by atoms with van der Waals surface area (Å²) in [6, 6.07) is 5.78. The maximum atomic E-state index is 12.5. The molecule has 0 spiro atoms. The number of carbonyl (C=O) groups is 1. The van der Waals surface area contributed by atoms with Crippen molar-refractivity contribution in [3.8, 4) is 17.3 Å². The van der Waals surface area contributed by atoms with Crippen LogP contribution in [0.3, 0.4) is 0 Å². The summed E-state index contributed by atoms with van der Waals surface area (Å²) in [5.74, 6) is -0.160. The third-order valence-electron chi connectivity index (χ3n) is 4.77. The highest BCUT2D eigenvalue weighted by atomic mass is 16.5. The number of ketones is 1. The molecule has 6 nitrogen and oxygen atoms in total. The van der Waals surface area contributed by atoms with Crippen LogP contribution in [0, 0.1) is 23.7 Å². The molecule has 6 heteroatoms. The van der Waals surface area contributed by atoms with E-state index in [1.165, 1.54) is 0 Å². The average molecular weight is 336 g/mol. The third-order valence-corrected chi connectivity index (χ3v) is 4.77. The number of carbonyl (C=O) groups excluding carboxylic acids is 1. The number of aromatic nitrogens is 3. The molecule has 1 aliphatic rings. The summed E-state index contributed by atoms with van der Waals surface area (Å²) in [6.45, 7) is 5.60. The summed E-state index contributed by atoms with van der Waals surface area (Å²) in [5, 5.41) is 16.4. The fourth-order valence-corrected chi connectivity index (χ4v) is 3.50. The Morgan fingerprint density at radius 2 is 2.16 bits per heavy atom. The molecule has 2 aromatic heterocycles. The first-order chi connectivity index (χ1) is 11.8. The van der Waals surface area contributed by atoms with E-state index < -0.39 is 11.0 Å². The van der Waals surface area contributed by atoms with Crippen LogP contribution in [0.4, 0.5) is 0 Å². The molecule has 1 N–H and O–H groups in total. The lowest BCUT2D eigenvalue weighted by molar-refractivity contribution is -0.128. The molecule has 0 bridgehead atoms. The van der Waals surface area contributed by atoms with Gasteiger partial charge in [-0.15, -0.1) is 0 Å². The first kappa shape index (κ1) is 17.1. The van der Waals surface area contributed by atoms with Gasteiger partial charge < -0.3 is 4.74 Å². The SMILES string of the molecule is CO[C@]1(c2cccnc2-c2cn[nH]c2C)C=C(C#N)C(=O)C(C)(C)C1. The van der Waals surface area contributed by atoms with Crippen LogP contribution < -0.4 is 0 Å². The van der Waals surface area contributed by atoms with Crippen LogP contribution in [0.15, 0.2) is 36.2 Å². The fourth-order valence-electron chi connectivity index (χ4n) is 3.50. The van der Waals surface area contributed by atoms with Crippen molar-refractivity contribution in [2.75, 3.05) is 7.11 Å². The number of nitrogens with one attached hydrogen (secondary N) is 1. The predicted octanol–water partition coefficient (Wildman–Crippen LogP) is 3.07. The van der Waals surface area contributed by atoms with Gasteiger partial charge in [0.05, 0.1) is 17.5 Å². The minimum atomic E-state index is -0.907. The van der Waals surface area contributed by atoms with Gasteiger partial charge in [-0.3, -0.25) is 14.9 Å². The van der Waals surface area contributed by atoms with Gasteiger partial charge in [-0.1, -0.05) is 19.9 Å². The number of Topliss-reactive ketones (excluding diaryl/α,β-unsaturated/α-hetero) is 1. The van der Waals surface area contributed by atoms with E-state index in [9.17, 15) is 10.1 Å². The number of aromatic amines is 1. The highest BCUT2D eigenvalue weighted by Gasteiger charge is 2.47. The zero-order valence-corrected chi connectivity index (χ0v) is 14.8. The minimum Gasteiger partial charge on any atom is -0.369 e. The molecular formula is C19H20N4O2. The van der Waals surface area contributed by atoms with Gasteiger partial charge in [0.25, 0.3) is 0 Å². The molecule has 0 radical (unpaired) electrons. The van der Waals surface area contributed by atoms with Crippen molar-refractivity contribution in [2.45, 2.75) is 32.8 Å². The van der Waals surface area contributed by atoms with Crippen molar-refractivity contribution < 1.29 is 9.53 Å². The van der Waals surface area contributed by atoms with Crippen LogP contribution in [0.1, 0.15) is 31.5 Å². The summed E-state index contributed by atoms with van der Waals surface area (Å²) < 4.78 is 5.91. The molecule has 0 amide bonds. The highest BCUT2D eigenvalue weighted by Crippen LogP contribution is 2.47. The topological polar surface area (TPSA) is 91.7 Å². The van der Waals surface area contributed by atoms with Crippen molar-refractivity contribution in [1.29, 1.82) is 5.26 Å². The van der Waals surface area contributed by atoms with Gasteiger partial charge in [0.15, 0.2) is 5.78 Å². The van der Waals surface area contributed by atoms with Gasteiger partial charge in [0, 0.05) is 35.5 Å². The van der Waals surface area contributed by atoms with E-state index in [2.05, 4.69) is 15.2 Å². The Balaban J connectivity index is 2.28. The van der Waals surface area contributed by atoms with Crippen molar-refractivity contribution >= 4 is 5.78 Å². The van der Waals surface area contributed by atoms with Gasteiger partial charge in [-0.2, -0.15) is 10.4 Å². The smallest absolute Gasteiger partial charge is 0.178 e. The molecule has 2 aromatic rings. The van der Waals surface area contributed by atoms with Crippen LogP contribution in [-0.2, 0) is 15.1 Å². The van der Waals surface area contributed by atoms with E-state index in [0.29, 0.717) is 6.42 Å². The Bertz CT molecular complexity index is 904. The van der Waals surface area contributed by atoms with Crippen molar-refractivity contribution in [2.24, 2.45) is 5.41 Å². The van der Waals surface area contributed by atoms with Crippen LogP contribution in [0.2, 0.25) is 0 Å². The number of H-pyrrole nitrogens is 1. The molecule has 25 heavy (non-hydrogen) atoms. The van der Waals surface area contributed by atoms with Crippen LogP contribution in [0.25, 0.3) is 11.3 Å². The number of methoxy groups -OCH3 is 1. The maximum Gasteiger partial charge on any atom is 0.178 e. The lowest BCUT2D eigenvalue weighted by Gasteiger charge is -2.41. The molecule has 0 saturated heterocycles. The quantitative estimate of drug-likeness (QED) is 0.930. The minimum absolute atomic E-state index is 0.122. The number of aryl methyl sites for hydroxylation is 1. The number of ether oxygens (including phenoxy) is 1. The molecule has 128 valence electrons. The molecule has 0 aromatic carbocycles. The number of pyridine rings is 1. The molecule has 0 unspecified atom stereocenters. The number of nitriles is 1. The highest BCUT2D eigenvalue weighted by molar-refractivity contribution is 6.04. The predicted molar refractivity (Wildman–Crippen MR) is 92.3 cm³/mol. The third kappa shape index (κ3) is 2.67. The molecule has 1 aliphatic carbocycles. The molecule has 1 atom stereocenters. The van der Waals surface area contributed by atoms with Crippen molar-refractivity contribution in [3.63, 3.8) is 0 Å². The van der Waals surface area contributed by atoms with Gasteiger partial charge in [0.1, 0.15) is 11.7 Å². The van der Waals surface area contributed by atoms with E-state index in [1.807, 2.05) is 39.0 Å². The number of allylic oxidation sites excluding steroid dienone is 1. The first-order valence-corrected chi connectivity index (χ1v) is 8.03. The molecule has 0 fully saturated rings. The second-order valence-electron chi connectivity index (χ2n) is 6.96. The molecule has 3 rings (SSSR count). The first-order valence-electron chi connectivity index (χ1n) is 8.03. The van der Waals surface area contributed by atoms with Crippen LogP contribution in [0.5, 0.6) is 0 Å². The van der Waals surface area contributed by atoms with Crippen LogP contribution in [-0.4, -0.2) is 28.1 Å². The average Bonchev–Trinajstić information content (AvgIpc) is 3.03. The number of rotatable bonds is 3. The van der Waals surface area contributed by atoms with Gasteiger partial charge in [0.2, 0.25) is 0 Å². The van der Waals surface area contributed by atoms with Crippen molar-refractivity contribution in [3.05, 3.63) is 47.4 Å². The van der Waals surface area contributed by atoms with Crippen LogP contribution >= 0.6 is 0 Å². The number of hydrogen-bond acceptors (Lipinski definition) is 5. The van der Waals surface area contributed by atoms with E-state index in [1.54, 1.807) is 25.6 Å². The largest absolute Gasteiger partial charge is 0.369 e. The Labute approximate surface area is 146 Å². The van der Waals surface area contributed by atoms with Gasteiger partial charge in [-0.05, 0) is 25.5 Å². The lowest BCUT2D eigenvalue weighted by atomic mass is 9.67. The van der Waals surface area contributed by atoms with Crippen molar-refractivity contribution in [1.82, 2.24) is 15.2 Å². The Morgan fingerprint density at radius 3 is 2.76 bits per heavy atom. The summed E-state index contributed by atoms with van der Waals surface area (Å²) in [4.78, 5) is 17.0. The van der Waals surface area contributed by atoms with E-state index in [0.717, 1.165) is 22.5 Å². The zero-order chi connectivity index (χ0) is 18.2. The van der Waals surface area contributed by atoms with Gasteiger partial charge >= 0.3 is 0 Å². The normalized spacial score (nSPS) is 22.4. The molecule has 0 aliphatic heterocycles. The fraction of sp³-hybridized carbons (Fsp3) is 0.368. The standard InChI is InChI=1S/C19H20N4O2/c1-12-14(10-22-23-12)16-15(6-5-7-21-16)19(25-4)8-13(9-20)17(24)18(2,3)11-19/h5-8,10H,11H2,1-4H3,(H,22,23)/t19-/m1/s1. The summed E-state index contributed by atoms with van der Waals surface area (Å²) in [6.07, 6.45) is 5.49. The molecular weight excluding hydrogens is 316 g/mol. The Hall–Kier alpha value is -2.78.